The van der Waals surface area contributed by atoms with Gasteiger partial charge in [0.1, 0.15) is 5.82 Å². The number of carbonyl (C=O) groups excluding carboxylic acids is 1. The molecule has 3 N–H and O–H groups in total. The lowest BCUT2D eigenvalue weighted by atomic mass is 10.3. The molecule has 2 amide bonds. The lowest BCUT2D eigenvalue weighted by Crippen LogP contribution is -2.31. The van der Waals surface area contributed by atoms with Crippen LogP contribution in [0.2, 0.25) is 5.02 Å². The summed E-state index contributed by atoms with van der Waals surface area (Å²) in [5.41, 5.74) is 1.45. The third kappa shape index (κ3) is 3.88. The highest BCUT2D eigenvalue weighted by atomic mass is 35.5. The molecule has 3 rings (SSSR count). The van der Waals surface area contributed by atoms with Crippen LogP contribution in [-0.2, 0) is 0 Å². The van der Waals surface area contributed by atoms with Crippen LogP contribution in [0.1, 0.15) is 18.8 Å². The van der Waals surface area contributed by atoms with Gasteiger partial charge in [-0.15, -0.1) is 0 Å². The van der Waals surface area contributed by atoms with Crippen molar-refractivity contribution in [3.05, 3.63) is 59.6 Å². The van der Waals surface area contributed by atoms with Gasteiger partial charge in [0.2, 0.25) is 0 Å². The molecule has 0 radical (unpaired) electrons. The number of halogens is 1. The highest BCUT2D eigenvalue weighted by Crippen LogP contribution is 2.16. The summed E-state index contributed by atoms with van der Waals surface area (Å²) in [6.45, 7) is 1.81. The van der Waals surface area contributed by atoms with Gasteiger partial charge >= 0.3 is 6.03 Å². The summed E-state index contributed by atoms with van der Waals surface area (Å²) >= 11 is 5.81. The van der Waals surface area contributed by atoms with Crippen molar-refractivity contribution in [3.63, 3.8) is 0 Å². The molecule has 0 aliphatic rings. The summed E-state index contributed by atoms with van der Waals surface area (Å²) < 4.78 is 0. The summed E-state index contributed by atoms with van der Waals surface area (Å²) in [5.74, 6) is 1.09. The van der Waals surface area contributed by atoms with Gasteiger partial charge in [0.15, 0.2) is 5.82 Å². The molecule has 24 heavy (non-hydrogen) atoms. The topological polar surface area (TPSA) is 95.6 Å². The van der Waals surface area contributed by atoms with E-state index in [9.17, 15) is 4.79 Å². The Bertz CT molecular complexity index is 818. The minimum Gasteiger partial charge on any atom is -0.328 e. The van der Waals surface area contributed by atoms with Crippen LogP contribution in [0, 0.1) is 0 Å². The first-order valence-corrected chi connectivity index (χ1v) is 7.65. The quantitative estimate of drug-likeness (QED) is 0.677. The fourth-order valence-corrected chi connectivity index (χ4v) is 2.18. The first-order valence-electron chi connectivity index (χ1n) is 7.27. The van der Waals surface area contributed by atoms with E-state index >= 15 is 0 Å². The van der Waals surface area contributed by atoms with Crippen LogP contribution in [-0.4, -0.2) is 26.2 Å². The molecule has 2 heterocycles. The van der Waals surface area contributed by atoms with Crippen molar-refractivity contribution in [1.82, 2.24) is 25.5 Å². The number of urea groups is 1. The number of anilines is 1. The second-order valence-corrected chi connectivity index (χ2v) is 5.55. The van der Waals surface area contributed by atoms with Gasteiger partial charge in [-0.1, -0.05) is 11.6 Å². The molecule has 0 fully saturated rings. The van der Waals surface area contributed by atoms with Crippen molar-refractivity contribution in [2.24, 2.45) is 0 Å². The zero-order chi connectivity index (χ0) is 16.9. The van der Waals surface area contributed by atoms with E-state index in [4.69, 9.17) is 11.6 Å². The molecule has 0 aliphatic heterocycles. The number of hydrogen-bond acceptors (Lipinski definition) is 4. The molecular weight excluding hydrogens is 328 g/mol. The molecule has 0 spiro atoms. The number of nitrogens with zero attached hydrogens (tertiary/aromatic N) is 3. The van der Waals surface area contributed by atoms with Gasteiger partial charge in [-0.2, -0.15) is 5.10 Å². The molecule has 1 aromatic carbocycles. The van der Waals surface area contributed by atoms with E-state index < -0.39 is 0 Å². The van der Waals surface area contributed by atoms with Crippen LogP contribution in [0.5, 0.6) is 0 Å². The number of rotatable bonds is 4. The van der Waals surface area contributed by atoms with Gasteiger partial charge in [0, 0.05) is 28.7 Å². The van der Waals surface area contributed by atoms with Crippen molar-refractivity contribution in [1.29, 1.82) is 0 Å². The highest BCUT2D eigenvalue weighted by molar-refractivity contribution is 6.30. The number of hydrogen-bond donors (Lipinski definition) is 3. The maximum atomic E-state index is 12.0. The van der Waals surface area contributed by atoms with Gasteiger partial charge in [-0.05, 0) is 43.3 Å². The van der Waals surface area contributed by atoms with Crippen LogP contribution in [0.3, 0.4) is 0 Å². The second-order valence-electron chi connectivity index (χ2n) is 5.11. The number of H-pyrrole nitrogens is 1. The summed E-state index contributed by atoms with van der Waals surface area (Å²) in [7, 11) is 0. The monoisotopic (exact) mass is 342 g/mol. The van der Waals surface area contributed by atoms with Gasteiger partial charge < -0.3 is 10.6 Å². The second kappa shape index (κ2) is 7.10. The first kappa shape index (κ1) is 15.9. The summed E-state index contributed by atoms with van der Waals surface area (Å²) in [5, 5.41) is 13.1. The fourth-order valence-electron chi connectivity index (χ4n) is 2.06. The molecule has 3 aromatic rings. The molecule has 0 saturated carbocycles. The lowest BCUT2D eigenvalue weighted by Gasteiger charge is -2.12. The van der Waals surface area contributed by atoms with Gasteiger partial charge in [-0.3, -0.25) is 10.1 Å². The van der Waals surface area contributed by atoms with Crippen molar-refractivity contribution in [2.45, 2.75) is 13.0 Å². The largest absolute Gasteiger partial charge is 0.328 e. The van der Waals surface area contributed by atoms with Crippen LogP contribution in [0.4, 0.5) is 10.5 Å². The summed E-state index contributed by atoms with van der Waals surface area (Å²) in [6.07, 6.45) is 3.36. The van der Waals surface area contributed by atoms with E-state index in [0.29, 0.717) is 22.4 Å². The van der Waals surface area contributed by atoms with Crippen LogP contribution in [0.25, 0.3) is 11.4 Å². The Labute approximate surface area is 143 Å². The van der Waals surface area contributed by atoms with Crippen molar-refractivity contribution in [2.75, 3.05) is 5.32 Å². The molecule has 0 saturated heterocycles. The van der Waals surface area contributed by atoms with Crippen LogP contribution in [0.15, 0.2) is 48.8 Å². The Morgan fingerprint density at radius 2 is 2.04 bits per heavy atom. The van der Waals surface area contributed by atoms with Crippen molar-refractivity contribution >= 4 is 23.3 Å². The molecule has 7 nitrogen and oxygen atoms in total. The van der Waals surface area contributed by atoms with E-state index in [1.165, 1.54) is 0 Å². The number of aromatic nitrogens is 4. The average molecular weight is 343 g/mol. The normalized spacial score (nSPS) is 11.8. The molecule has 0 bridgehead atoms. The highest BCUT2D eigenvalue weighted by Gasteiger charge is 2.14. The Hall–Kier alpha value is -2.93. The first-order chi connectivity index (χ1) is 11.6. The molecule has 1 atom stereocenters. The lowest BCUT2D eigenvalue weighted by molar-refractivity contribution is 0.249. The molecule has 122 valence electrons. The average Bonchev–Trinajstić information content (AvgIpc) is 3.08. The molecule has 2 aromatic heterocycles. The standard InChI is InChI=1S/C16H15ClN6O/c1-10(19-16(24)20-13-6-4-12(17)5-7-13)14-21-15(23-22-14)11-3-2-8-18-9-11/h2-10H,1H3,(H2,19,20,24)(H,21,22,23). The van der Waals surface area contributed by atoms with Crippen molar-refractivity contribution in [3.8, 4) is 11.4 Å². The maximum Gasteiger partial charge on any atom is 0.319 e. The molecule has 0 aliphatic carbocycles. The van der Waals surface area contributed by atoms with Gasteiger partial charge in [0.25, 0.3) is 0 Å². The number of amides is 2. The number of benzene rings is 1. The minimum absolute atomic E-state index is 0.338. The predicted molar refractivity (Wildman–Crippen MR) is 91.6 cm³/mol. The van der Waals surface area contributed by atoms with Crippen molar-refractivity contribution < 1.29 is 4.79 Å². The molecule has 8 heteroatoms. The summed E-state index contributed by atoms with van der Waals surface area (Å²) in [4.78, 5) is 20.4. The minimum atomic E-state index is -0.343. The van der Waals surface area contributed by atoms with Gasteiger partial charge in [0.05, 0.1) is 6.04 Å². The third-order valence-electron chi connectivity index (χ3n) is 3.28. The number of carbonyl (C=O) groups is 1. The Kier molecular flexibility index (Phi) is 4.72. The van der Waals surface area contributed by atoms with E-state index in [-0.39, 0.29) is 12.1 Å². The van der Waals surface area contributed by atoms with E-state index in [2.05, 4.69) is 30.8 Å². The zero-order valence-corrected chi connectivity index (χ0v) is 13.6. The third-order valence-corrected chi connectivity index (χ3v) is 3.53. The number of nitrogens with one attached hydrogen (secondary N) is 3. The summed E-state index contributed by atoms with van der Waals surface area (Å²) in [6, 6.07) is 9.86. The smallest absolute Gasteiger partial charge is 0.319 e. The Balaban J connectivity index is 1.62. The van der Waals surface area contributed by atoms with Gasteiger partial charge in [-0.25, -0.2) is 9.78 Å². The predicted octanol–water partition coefficient (Wildman–Crippen LogP) is 3.40. The molecule has 1 unspecified atom stereocenters. The number of pyridine rings is 1. The van der Waals surface area contributed by atoms with E-state index in [0.717, 1.165) is 5.56 Å². The zero-order valence-electron chi connectivity index (χ0n) is 12.8. The SMILES string of the molecule is CC(NC(=O)Nc1ccc(Cl)cc1)c1nc(-c2cccnc2)n[nH]1. The maximum absolute atomic E-state index is 12.0. The van der Waals surface area contributed by atoms with E-state index in [1.807, 2.05) is 19.1 Å². The van der Waals surface area contributed by atoms with E-state index in [1.54, 1.807) is 36.7 Å². The van der Waals surface area contributed by atoms with Crippen LogP contribution >= 0.6 is 11.6 Å². The Morgan fingerprint density at radius 3 is 2.75 bits per heavy atom. The fraction of sp³-hybridized carbons (Fsp3) is 0.125. The van der Waals surface area contributed by atoms with Crippen LogP contribution < -0.4 is 10.6 Å². The number of aromatic amines is 1. The Morgan fingerprint density at radius 1 is 1.25 bits per heavy atom. The molecular formula is C16H15ClN6O.